The molecule has 3 nitrogen and oxygen atoms in total. The van der Waals surface area contributed by atoms with Crippen LogP contribution in [0.5, 0.6) is 0 Å². The van der Waals surface area contributed by atoms with Crippen molar-refractivity contribution in [2.45, 2.75) is 33.4 Å². The Bertz CT molecular complexity index is 595. The summed E-state index contributed by atoms with van der Waals surface area (Å²) in [5, 5.41) is 7.68. The van der Waals surface area contributed by atoms with E-state index < -0.39 is 0 Å². The zero-order valence-electron chi connectivity index (χ0n) is 12.0. The molecule has 1 N–H and O–H groups in total. The monoisotopic (exact) mass is 339 g/mol. The van der Waals surface area contributed by atoms with Gasteiger partial charge in [0.25, 0.3) is 0 Å². The lowest BCUT2D eigenvalue weighted by atomic mass is 10.0. The van der Waals surface area contributed by atoms with Crippen LogP contribution in [0.1, 0.15) is 36.7 Å². The van der Waals surface area contributed by atoms with E-state index in [1.807, 2.05) is 31.5 Å². The molecule has 0 aliphatic heterocycles. The molecular formula is C15H19BrFN3. The minimum Gasteiger partial charge on any atom is -0.305 e. The molecule has 0 saturated carbocycles. The summed E-state index contributed by atoms with van der Waals surface area (Å²) in [5.41, 5.74) is 2.66. The third-order valence-electron chi connectivity index (χ3n) is 3.28. The lowest BCUT2D eigenvalue weighted by molar-refractivity contribution is 0.514. The molecule has 1 aromatic heterocycles. The topological polar surface area (TPSA) is 29.9 Å². The Morgan fingerprint density at radius 3 is 2.80 bits per heavy atom. The maximum absolute atomic E-state index is 14.2. The zero-order chi connectivity index (χ0) is 14.7. The van der Waals surface area contributed by atoms with Gasteiger partial charge in [-0.15, -0.1) is 0 Å². The van der Waals surface area contributed by atoms with Crippen LogP contribution in [-0.4, -0.2) is 16.3 Å². The molecule has 0 bridgehead atoms. The van der Waals surface area contributed by atoms with E-state index >= 15 is 0 Å². The van der Waals surface area contributed by atoms with Crippen LogP contribution in [0.25, 0.3) is 0 Å². The van der Waals surface area contributed by atoms with Crippen molar-refractivity contribution in [1.82, 2.24) is 15.1 Å². The van der Waals surface area contributed by atoms with E-state index in [4.69, 9.17) is 0 Å². The molecule has 1 aromatic carbocycles. The van der Waals surface area contributed by atoms with Crippen LogP contribution < -0.4 is 5.32 Å². The van der Waals surface area contributed by atoms with Crippen molar-refractivity contribution in [3.05, 3.63) is 51.5 Å². The second-order valence-electron chi connectivity index (χ2n) is 4.71. The fourth-order valence-electron chi connectivity index (χ4n) is 2.35. The van der Waals surface area contributed by atoms with E-state index in [1.165, 1.54) is 6.07 Å². The van der Waals surface area contributed by atoms with Gasteiger partial charge in [-0.2, -0.15) is 5.10 Å². The predicted molar refractivity (Wildman–Crippen MR) is 82.3 cm³/mol. The van der Waals surface area contributed by atoms with Gasteiger partial charge in [-0.1, -0.05) is 24.6 Å². The van der Waals surface area contributed by atoms with Gasteiger partial charge in [-0.05, 0) is 42.4 Å². The van der Waals surface area contributed by atoms with Crippen LogP contribution >= 0.6 is 15.9 Å². The van der Waals surface area contributed by atoms with Crippen molar-refractivity contribution < 1.29 is 4.39 Å². The highest BCUT2D eigenvalue weighted by Gasteiger charge is 2.23. The maximum atomic E-state index is 14.2. The van der Waals surface area contributed by atoms with Crippen molar-refractivity contribution >= 4 is 15.9 Å². The van der Waals surface area contributed by atoms with Gasteiger partial charge in [0.15, 0.2) is 0 Å². The fraction of sp³-hybridized carbons (Fsp3) is 0.400. The molecule has 0 aliphatic carbocycles. The van der Waals surface area contributed by atoms with Crippen LogP contribution in [0.3, 0.4) is 0 Å². The quantitative estimate of drug-likeness (QED) is 0.897. The van der Waals surface area contributed by atoms with Crippen LogP contribution in [0.4, 0.5) is 4.39 Å². The normalized spacial score (nSPS) is 12.7. The minimum atomic E-state index is -0.211. The minimum absolute atomic E-state index is 0.197. The molecular weight excluding hydrogens is 321 g/mol. The van der Waals surface area contributed by atoms with Crippen molar-refractivity contribution in [2.75, 3.05) is 6.54 Å². The summed E-state index contributed by atoms with van der Waals surface area (Å²) in [4.78, 5) is 0. The Morgan fingerprint density at radius 2 is 2.15 bits per heavy atom. The van der Waals surface area contributed by atoms with Crippen molar-refractivity contribution in [2.24, 2.45) is 0 Å². The number of hydrogen-bond donors (Lipinski definition) is 1. The number of rotatable bonds is 5. The number of aromatic nitrogens is 2. The molecule has 0 spiro atoms. The largest absolute Gasteiger partial charge is 0.305 e. The lowest BCUT2D eigenvalue weighted by Gasteiger charge is -2.21. The van der Waals surface area contributed by atoms with Gasteiger partial charge < -0.3 is 5.32 Å². The van der Waals surface area contributed by atoms with Crippen LogP contribution in [0.15, 0.2) is 28.9 Å². The first kappa shape index (κ1) is 15.2. The first-order valence-corrected chi connectivity index (χ1v) is 7.58. The van der Waals surface area contributed by atoms with Gasteiger partial charge in [0.05, 0.1) is 22.4 Å². The van der Waals surface area contributed by atoms with E-state index in [-0.39, 0.29) is 11.9 Å². The van der Waals surface area contributed by atoms with Gasteiger partial charge >= 0.3 is 0 Å². The van der Waals surface area contributed by atoms with E-state index in [9.17, 15) is 4.39 Å². The molecule has 5 heteroatoms. The first-order valence-electron chi connectivity index (χ1n) is 6.79. The third kappa shape index (κ3) is 2.94. The molecule has 1 heterocycles. The van der Waals surface area contributed by atoms with Crippen LogP contribution in [0.2, 0.25) is 0 Å². The fourth-order valence-corrected chi connectivity index (χ4v) is 2.88. The summed E-state index contributed by atoms with van der Waals surface area (Å²) in [6.45, 7) is 7.51. The van der Waals surface area contributed by atoms with Crippen LogP contribution in [-0.2, 0) is 6.54 Å². The number of aryl methyl sites for hydroxylation is 2. The number of halogens is 2. The highest BCUT2D eigenvalue weighted by Crippen LogP contribution is 2.30. The summed E-state index contributed by atoms with van der Waals surface area (Å²) >= 11 is 3.52. The van der Waals surface area contributed by atoms with Crippen LogP contribution in [0, 0.1) is 12.7 Å². The molecule has 0 aliphatic rings. The molecule has 0 amide bonds. The average Bonchev–Trinajstić information content (AvgIpc) is 2.80. The number of nitrogens with zero attached hydrogens (tertiary/aromatic N) is 2. The van der Waals surface area contributed by atoms with E-state index in [2.05, 4.69) is 26.3 Å². The van der Waals surface area contributed by atoms with Gasteiger partial charge in [-0.25, -0.2) is 4.39 Å². The molecule has 0 radical (unpaired) electrons. The second-order valence-corrected chi connectivity index (χ2v) is 5.56. The molecule has 2 rings (SSSR count). The number of nitrogens with one attached hydrogen (secondary N) is 1. The van der Waals surface area contributed by atoms with E-state index in [0.717, 1.165) is 28.8 Å². The van der Waals surface area contributed by atoms with E-state index in [1.54, 1.807) is 12.3 Å². The Labute approximate surface area is 127 Å². The van der Waals surface area contributed by atoms with Gasteiger partial charge in [-0.3, -0.25) is 4.68 Å². The highest BCUT2D eigenvalue weighted by atomic mass is 79.9. The molecule has 20 heavy (non-hydrogen) atoms. The molecule has 0 fully saturated rings. The molecule has 1 atom stereocenters. The Morgan fingerprint density at radius 1 is 1.40 bits per heavy atom. The predicted octanol–water partition coefficient (Wildman–Crippen LogP) is 3.81. The molecule has 2 aromatic rings. The molecule has 1 unspecified atom stereocenters. The van der Waals surface area contributed by atoms with Crippen molar-refractivity contribution in [3.63, 3.8) is 0 Å². The summed E-state index contributed by atoms with van der Waals surface area (Å²) < 4.78 is 17.0. The molecule has 0 saturated heterocycles. The maximum Gasteiger partial charge on any atom is 0.128 e. The Kier molecular flexibility index (Phi) is 4.94. The zero-order valence-corrected chi connectivity index (χ0v) is 13.5. The van der Waals surface area contributed by atoms with Gasteiger partial charge in [0.2, 0.25) is 0 Å². The summed E-state index contributed by atoms with van der Waals surface area (Å²) in [6.07, 6.45) is 1.76. The second kappa shape index (κ2) is 6.50. The lowest BCUT2D eigenvalue weighted by Crippen LogP contribution is -2.26. The third-order valence-corrected chi connectivity index (χ3v) is 3.89. The summed E-state index contributed by atoms with van der Waals surface area (Å²) in [6, 6.07) is 4.99. The number of hydrogen-bond acceptors (Lipinski definition) is 2. The summed E-state index contributed by atoms with van der Waals surface area (Å²) in [5.74, 6) is -0.197. The van der Waals surface area contributed by atoms with Crippen molar-refractivity contribution in [1.29, 1.82) is 0 Å². The average molecular weight is 340 g/mol. The SMILES string of the molecule is CCNC(c1cc(C)ccc1F)c1c(Br)cnn1CC. The number of benzene rings is 1. The Balaban J connectivity index is 2.56. The smallest absolute Gasteiger partial charge is 0.128 e. The standard InChI is InChI=1S/C15H19BrFN3/c1-4-18-14(11-8-10(3)6-7-13(11)17)15-12(16)9-19-20(15)5-2/h6-9,14,18H,4-5H2,1-3H3. The highest BCUT2D eigenvalue weighted by molar-refractivity contribution is 9.10. The van der Waals surface area contributed by atoms with Gasteiger partial charge in [0, 0.05) is 12.1 Å². The molecule has 108 valence electrons. The first-order chi connectivity index (χ1) is 9.58. The summed E-state index contributed by atoms with van der Waals surface area (Å²) in [7, 11) is 0. The van der Waals surface area contributed by atoms with Crippen molar-refractivity contribution in [3.8, 4) is 0 Å². The Hall–Kier alpha value is -1.20. The van der Waals surface area contributed by atoms with Gasteiger partial charge in [0.1, 0.15) is 5.82 Å². The van der Waals surface area contributed by atoms with E-state index in [0.29, 0.717) is 5.56 Å².